The minimum atomic E-state index is -0.829. The summed E-state index contributed by atoms with van der Waals surface area (Å²) in [5, 5.41) is 12.3. The lowest BCUT2D eigenvalue weighted by Crippen LogP contribution is -2.09. The number of aliphatic carboxylic acids is 1. The van der Waals surface area contributed by atoms with Crippen molar-refractivity contribution in [3.05, 3.63) is 65.9 Å². The number of carbonyl (C=O) groups is 1. The lowest BCUT2D eigenvalue weighted by molar-refractivity contribution is -0.136. The molecule has 0 spiro atoms. The first-order valence-electron chi connectivity index (χ1n) is 8.86. The number of aromatic nitrogens is 2. The maximum absolute atomic E-state index is 10.8. The average molecular weight is 377 g/mol. The van der Waals surface area contributed by atoms with E-state index < -0.39 is 5.97 Å². The van der Waals surface area contributed by atoms with Gasteiger partial charge in [0.15, 0.2) is 5.82 Å². The lowest BCUT2D eigenvalue weighted by atomic mass is 10.1. The highest BCUT2D eigenvalue weighted by Crippen LogP contribution is 2.36. The zero-order valence-corrected chi connectivity index (χ0v) is 15.5. The number of nitrogens with one attached hydrogen (secondary N) is 1. The van der Waals surface area contributed by atoms with E-state index in [9.17, 15) is 4.79 Å². The Bertz CT molecular complexity index is 959. The molecule has 2 heterocycles. The fourth-order valence-corrected chi connectivity index (χ4v) is 4.09. The van der Waals surface area contributed by atoms with Crippen LogP contribution in [0.3, 0.4) is 0 Å². The van der Waals surface area contributed by atoms with E-state index in [2.05, 4.69) is 5.32 Å². The highest BCUT2D eigenvalue weighted by Gasteiger charge is 2.19. The second kappa shape index (κ2) is 7.80. The molecular weight excluding hydrogens is 358 g/mol. The van der Waals surface area contributed by atoms with Crippen LogP contribution in [0.5, 0.6) is 0 Å². The zero-order valence-electron chi connectivity index (χ0n) is 14.7. The minimum Gasteiger partial charge on any atom is -0.481 e. The highest BCUT2D eigenvalue weighted by atomic mass is 32.2. The first-order valence-corrected chi connectivity index (χ1v) is 9.84. The summed E-state index contributed by atoms with van der Waals surface area (Å²) >= 11 is 1.78. The SMILES string of the molecule is O=C(O)Cc1ccc(Nc2nc(-c3ccccc3)nc3c2SCCC3)cc1. The molecule has 1 aromatic heterocycles. The van der Waals surface area contributed by atoms with Gasteiger partial charge in [0.25, 0.3) is 0 Å². The smallest absolute Gasteiger partial charge is 0.307 e. The number of aryl methyl sites for hydroxylation is 1. The van der Waals surface area contributed by atoms with Gasteiger partial charge < -0.3 is 10.4 Å². The highest BCUT2D eigenvalue weighted by molar-refractivity contribution is 7.99. The molecule has 0 aliphatic carbocycles. The molecule has 0 atom stereocenters. The van der Waals surface area contributed by atoms with Crippen LogP contribution in [-0.4, -0.2) is 26.8 Å². The molecule has 0 saturated carbocycles. The van der Waals surface area contributed by atoms with Gasteiger partial charge in [-0.05, 0) is 36.3 Å². The van der Waals surface area contributed by atoms with Crippen molar-refractivity contribution in [1.82, 2.24) is 9.97 Å². The Morgan fingerprint density at radius 1 is 1.07 bits per heavy atom. The van der Waals surface area contributed by atoms with E-state index >= 15 is 0 Å². The monoisotopic (exact) mass is 377 g/mol. The molecule has 136 valence electrons. The Labute approximate surface area is 161 Å². The van der Waals surface area contributed by atoms with Crippen molar-refractivity contribution in [1.29, 1.82) is 0 Å². The van der Waals surface area contributed by atoms with E-state index in [1.165, 1.54) is 0 Å². The van der Waals surface area contributed by atoms with Crippen LogP contribution in [0, 0.1) is 0 Å². The van der Waals surface area contributed by atoms with Crippen LogP contribution in [-0.2, 0) is 17.6 Å². The molecule has 0 radical (unpaired) electrons. The Morgan fingerprint density at radius 2 is 1.85 bits per heavy atom. The summed E-state index contributed by atoms with van der Waals surface area (Å²) in [6, 6.07) is 17.4. The lowest BCUT2D eigenvalue weighted by Gasteiger charge is -2.19. The topological polar surface area (TPSA) is 75.1 Å². The Balaban J connectivity index is 1.67. The maximum Gasteiger partial charge on any atom is 0.307 e. The van der Waals surface area contributed by atoms with Gasteiger partial charge >= 0.3 is 5.97 Å². The number of fused-ring (bicyclic) bond motifs is 1. The number of carboxylic acids is 1. The number of nitrogens with zero attached hydrogens (tertiary/aromatic N) is 2. The normalized spacial score (nSPS) is 13.0. The molecule has 6 heteroatoms. The van der Waals surface area contributed by atoms with E-state index in [1.807, 2.05) is 54.6 Å². The van der Waals surface area contributed by atoms with Gasteiger partial charge in [-0.3, -0.25) is 4.79 Å². The van der Waals surface area contributed by atoms with E-state index in [-0.39, 0.29) is 6.42 Å². The second-order valence-corrected chi connectivity index (χ2v) is 7.49. The molecule has 0 fully saturated rings. The molecule has 0 bridgehead atoms. The summed E-state index contributed by atoms with van der Waals surface area (Å²) in [6.07, 6.45) is 2.10. The Morgan fingerprint density at radius 3 is 2.59 bits per heavy atom. The summed E-state index contributed by atoms with van der Waals surface area (Å²) in [5.41, 5.74) is 3.74. The Hall–Kier alpha value is -2.86. The summed E-state index contributed by atoms with van der Waals surface area (Å²) in [6.45, 7) is 0. The van der Waals surface area contributed by atoms with Crippen LogP contribution in [0.15, 0.2) is 59.5 Å². The fraction of sp³-hybridized carbons (Fsp3) is 0.190. The molecule has 27 heavy (non-hydrogen) atoms. The summed E-state index contributed by atoms with van der Waals surface area (Å²) in [7, 11) is 0. The summed E-state index contributed by atoms with van der Waals surface area (Å²) in [5.74, 6) is 1.77. The van der Waals surface area contributed by atoms with Crippen molar-refractivity contribution in [2.24, 2.45) is 0 Å². The molecule has 4 rings (SSSR count). The molecule has 0 amide bonds. The molecule has 1 aliphatic rings. The van der Waals surface area contributed by atoms with Crippen molar-refractivity contribution < 1.29 is 9.90 Å². The van der Waals surface area contributed by atoms with Gasteiger partial charge in [0.2, 0.25) is 0 Å². The van der Waals surface area contributed by atoms with E-state index in [4.69, 9.17) is 15.1 Å². The molecule has 2 aromatic carbocycles. The molecule has 5 nitrogen and oxygen atoms in total. The number of hydrogen-bond donors (Lipinski definition) is 2. The van der Waals surface area contributed by atoms with Gasteiger partial charge in [0.1, 0.15) is 5.82 Å². The largest absolute Gasteiger partial charge is 0.481 e. The third-order valence-corrected chi connectivity index (χ3v) is 5.55. The van der Waals surface area contributed by atoms with Crippen molar-refractivity contribution in [3.63, 3.8) is 0 Å². The van der Waals surface area contributed by atoms with Gasteiger partial charge in [-0.1, -0.05) is 42.5 Å². The molecule has 0 unspecified atom stereocenters. The van der Waals surface area contributed by atoms with Crippen molar-refractivity contribution in [2.75, 3.05) is 11.1 Å². The standard InChI is InChI=1S/C21H19N3O2S/c25-18(26)13-14-8-10-16(11-9-14)22-21-19-17(7-4-12-27-19)23-20(24-21)15-5-2-1-3-6-15/h1-3,5-6,8-11H,4,7,12-13H2,(H,25,26)(H,22,23,24). The molecule has 1 aliphatic heterocycles. The first kappa shape index (κ1) is 17.5. The van der Waals surface area contributed by atoms with Gasteiger partial charge in [-0.2, -0.15) is 0 Å². The second-order valence-electron chi connectivity index (χ2n) is 6.38. The van der Waals surface area contributed by atoms with Crippen LogP contribution in [0.2, 0.25) is 0 Å². The molecule has 3 aromatic rings. The molecule has 2 N–H and O–H groups in total. The predicted molar refractivity (Wildman–Crippen MR) is 108 cm³/mol. The van der Waals surface area contributed by atoms with Crippen molar-refractivity contribution in [3.8, 4) is 11.4 Å². The number of benzene rings is 2. The van der Waals surface area contributed by atoms with E-state index in [0.717, 1.165) is 57.6 Å². The average Bonchev–Trinajstić information content (AvgIpc) is 2.70. The molecular formula is C21H19N3O2S. The van der Waals surface area contributed by atoms with E-state index in [1.54, 1.807) is 11.8 Å². The zero-order chi connectivity index (χ0) is 18.6. The number of carboxylic acid groups (broad SMARTS) is 1. The third-order valence-electron chi connectivity index (χ3n) is 4.34. The van der Waals surface area contributed by atoms with Crippen LogP contribution in [0.25, 0.3) is 11.4 Å². The van der Waals surface area contributed by atoms with Crippen molar-refractivity contribution in [2.45, 2.75) is 24.2 Å². The number of rotatable bonds is 5. The quantitative estimate of drug-likeness (QED) is 0.679. The van der Waals surface area contributed by atoms with Gasteiger partial charge in [0, 0.05) is 11.3 Å². The van der Waals surface area contributed by atoms with Crippen LogP contribution >= 0.6 is 11.8 Å². The van der Waals surface area contributed by atoms with Crippen LogP contribution < -0.4 is 5.32 Å². The fourth-order valence-electron chi connectivity index (χ4n) is 3.05. The number of hydrogen-bond acceptors (Lipinski definition) is 5. The summed E-state index contributed by atoms with van der Waals surface area (Å²) < 4.78 is 0. The van der Waals surface area contributed by atoms with Crippen molar-refractivity contribution >= 4 is 29.2 Å². The van der Waals surface area contributed by atoms with Crippen LogP contribution in [0.4, 0.5) is 11.5 Å². The first-order chi connectivity index (χ1) is 13.2. The number of anilines is 2. The van der Waals surface area contributed by atoms with E-state index in [0.29, 0.717) is 0 Å². The summed E-state index contributed by atoms with van der Waals surface area (Å²) in [4.78, 5) is 21.5. The maximum atomic E-state index is 10.8. The van der Waals surface area contributed by atoms with Gasteiger partial charge in [-0.25, -0.2) is 9.97 Å². The third kappa shape index (κ3) is 4.11. The van der Waals surface area contributed by atoms with Crippen LogP contribution in [0.1, 0.15) is 17.7 Å². The Kier molecular flexibility index (Phi) is 5.07. The number of thioether (sulfide) groups is 1. The van der Waals surface area contributed by atoms with Gasteiger partial charge in [0.05, 0.1) is 17.0 Å². The minimum absolute atomic E-state index is 0.0250. The predicted octanol–water partition coefficient (Wildman–Crippen LogP) is 4.55. The van der Waals surface area contributed by atoms with Gasteiger partial charge in [-0.15, -0.1) is 11.8 Å². The molecule has 0 saturated heterocycles.